The van der Waals surface area contributed by atoms with Crippen LogP contribution in [-0.4, -0.2) is 38.4 Å². The lowest BCUT2D eigenvalue weighted by molar-refractivity contribution is -0.138. The molecule has 32 heavy (non-hydrogen) atoms. The molecule has 0 aliphatic heterocycles. The van der Waals surface area contributed by atoms with Crippen LogP contribution in [0.5, 0.6) is 5.95 Å². The molecule has 3 N–H and O–H groups in total. The molecule has 0 unspecified atom stereocenters. The third kappa shape index (κ3) is 3.72. The lowest BCUT2D eigenvalue weighted by Crippen LogP contribution is -2.20. The second kappa shape index (κ2) is 8.03. The summed E-state index contributed by atoms with van der Waals surface area (Å²) in [4.78, 5) is 23.4. The molecule has 0 radical (unpaired) electrons. The zero-order valence-corrected chi connectivity index (χ0v) is 16.9. The maximum absolute atomic E-state index is 11.8. The normalized spacial score (nSPS) is 12.6. The van der Waals surface area contributed by atoms with Gasteiger partial charge >= 0.3 is 11.9 Å². The molecule has 7 heteroatoms. The van der Waals surface area contributed by atoms with Gasteiger partial charge in [0.2, 0.25) is 5.89 Å². The van der Waals surface area contributed by atoms with Crippen LogP contribution in [0.25, 0.3) is 33.1 Å². The maximum Gasteiger partial charge on any atom is 0.328 e. The highest BCUT2D eigenvalue weighted by Gasteiger charge is 2.19. The van der Waals surface area contributed by atoms with Gasteiger partial charge in [-0.25, -0.2) is 9.78 Å². The van der Waals surface area contributed by atoms with Crippen molar-refractivity contribution in [3.05, 3.63) is 84.2 Å². The molecule has 0 saturated heterocycles. The number of H-pyrrole nitrogens is 1. The van der Waals surface area contributed by atoms with E-state index in [0.717, 1.165) is 27.2 Å². The zero-order chi connectivity index (χ0) is 22.1. The van der Waals surface area contributed by atoms with Gasteiger partial charge in [0.1, 0.15) is 0 Å². The Morgan fingerprint density at radius 1 is 1.09 bits per heavy atom. The van der Waals surface area contributed by atoms with Gasteiger partial charge < -0.3 is 19.6 Å². The van der Waals surface area contributed by atoms with Crippen LogP contribution in [0.4, 0.5) is 0 Å². The Kier molecular flexibility index (Phi) is 4.91. The van der Waals surface area contributed by atoms with Crippen molar-refractivity contribution >= 4 is 33.9 Å². The number of oxazole rings is 1. The number of rotatable bonds is 6. The molecule has 0 bridgehead atoms. The van der Waals surface area contributed by atoms with Crippen molar-refractivity contribution in [1.82, 2.24) is 9.97 Å². The van der Waals surface area contributed by atoms with E-state index in [1.54, 1.807) is 6.20 Å². The summed E-state index contributed by atoms with van der Waals surface area (Å²) in [6.45, 7) is 0. The number of aromatic hydroxyl groups is 1. The number of hydrogen-bond acceptors (Lipinski definition) is 5. The number of hydrogen-bond donors (Lipinski definition) is 3. The monoisotopic (exact) mass is 425 g/mol. The minimum atomic E-state index is -1.07. The number of aromatic nitrogens is 2. The van der Waals surface area contributed by atoms with Crippen LogP contribution in [0.1, 0.15) is 11.3 Å². The van der Waals surface area contributed by atoms with Gasteiger partial charge in [-0.05, 0) is 34.5 Å². The molecule has 7 nitrogen and oxygen atoms in total. The van der Waals surface area contributed by atoms with Gasteiger partial charge in [-0.2, -0.15) is 0 Å². The van der Waals surface area contributed by atoms with Crippen LogP contribution < -0.4 is 0 Å². The minimum absolute atomic E-state index is 0.0818. The fourth-order valence-corrected chi connectivity index (χ4v) is 3.73. The largest absolute Gasteiger partial charge is 0.480 e. The van der Waals surface area contributed by atoms with Crippen LogP contribution in [0.2, 0.25) is 0 Å². The van der Waals surface area contributed by atoms with Gasteiger partial charge in [0, 0.05) is 29.1 Å². The second-order valence-corrected chi connectivity index (χ2v) is 7.47. The molecule has 5 aromatic rings. The van der Waals surface area contributed by atoms with E-state index >= 15 is 0 Å². The predicted molar refractivity (Wildman–Crippen MR) is 122 cm³/mol. The van der Waals surface area contributed by atoms with Crippen molar-refractivity contribution in [3.8, 4) is 17.4 Å². The van der Waals surface area contributed by atoms with Crippen molar-refractivity contribution in [1.29, 1.82) is 0 Å². The first kappa shape index (κ1) is 19.6. The minimum Gasteiger partial charge on any atom is -0.480 e. The molecule has 0 saturated carbocycles. The molecular formula is C25H19N3O4. The van der Waals surface area contributed by atoms with E-state index in [-0.39, 0.29) is 18.0 Å². The first-order valence-corrected chi connectivity index (χ1v) is 10.1. The number of carbonyl (C=O) groups is 1. The van der Waals surface area contributed by atoms with E-state index in [1.807, 2.05) is 66.7 Å². The molecule has 0 aliphatic carbocycles. The topological polar surface area (TPSA) is 112 Å². The molecule has 3 aromatic carbocycles. The van der Waals surface area contributed by atoms with E-state index in [2.05, 4.69) is 15.0 Å². The maximum atomic E-state index is 11.8. The molecule has 158 valence electrons. The summed E-state index contributed by atoms with van der Waals surface area (Å²) in [6, 6.07) is 20.2. The van der Waals surface area contributed by atoms with Crippen LogP contribution in [0, 0.1) is 0 Å². The summed E-state index contributed by atoms with van der Waals surface area (Å²) in [5.41, 5.74) is 2.57. The first-order valence-electron chi connectivity index (χ1n) is 10.1. The van der Waals surface area contributed by atoms with E-state index in [4.69, 9.17) is 4.42 Å². The van der Waals surface area contributed by atoms with Crippen molar-refractivity contribution in [2.75, 3.05) is 0 Å². The van der Waals surface area contributed by atoms with Crippen LogP contribution >= 0.6 is 0 Å². The standard InChI is InChI=1S/C25H19N3O4/c29-24(30)21(12-18-13-26-20-8-4-3-7-19(18)20)27-14-22-25(31)32-23(28-22)17-10-9-15-5-1-2-6-16(15)11-17/h1-11,13-14,21,26,31H,12H2,(H,29,30)/t21-/m0/s1. The summed E-state index contributed by atoms with van der Waals surface area (Å²) in [7, 11) is 0. The summed E-state index contributed by atoms with van der Waals surface area (Å²) in [5, 5.41) is 22.9. The molecule has 5 rings (SSSR count). The number of carboxylic acids is 1. The van der Waals surface area contributed by atoms with Crippen molar-refractivity contribution in [2.24, 2.45) is 4.99 Å². The Balaban J connectivity index is 1.41. The average Bonchev–Trinajstić information content (AvgIpc) is 3.39. The zero-order valence-electron chi connectivity index (χ0n) is 16.9. The summed E-state index contributed by atoms with van der Waals surface area (Å²) in [6.07, 6.45) is 3.24. The van der Waals surface area contributed by atoms with Crippen LogP contribution in [0.3, 0.4) is 0 Å². The van der Waals surface area contributed by atoms with E-state index < -0.39 is 18.0 Å². The quantitative estimate of drug-likeness (QED) is 0.339. The number of nitrogens with zero attached hydrogens (tertiary/aromatic N) is 2. The number of para-hydroxylation sites is 1. The van der Waals surface area contributed by atoms with Gasteiger partial charge in [0.05, 0.1) is 6.21 Å². The third-order valence-corrected chi connectivity index (χ3v) is 5.38. The lowest BCUT2D eigenvalue weighted by atomic mass is 10.1. The van der Waals surface area contributed by atoms with Crippen molar-refractivity contribution < 1.29 is 19.4 Å². The number of benzene rings is 3. The number of fused-ring (bicyclic) bond motifs is 2. The number of aliphatic imine (C=N–C) groups is 1. The molecule has 0 aliphatic rings. The molecule has 0 amide bonds. The summed E-state index contributed by atoms with van der Waals surface area (Å²) in [5.74, 6) is -1.24. The second-order valence-electron chi connectivity index (χ2n) is 7.47. The number of nitrogens with one attached hydrogen (secondary N) is 1. The molecule has 2 aromatic heterocycles. The Bertz CT molecular complexity index is 1460. The fraction of sp³-hybridized carbons (Fsp3) is 0.0800. The third-order valence-electron chi connectivity index (χ3n) is 5.38. The van der Waals surface area contributed by atoms with Gasteiger partial charge in [-0.3, -0.25) is 4.99 Å². The Hall–Kier alpha value is -4.39. The number of carboxylic acid groups (broad SMARTS) is 1. The lowest BCUT2D eigenvalue weighted by Gasteiger charge is -2.06. The highest BCUT2D eigenvalue weighted by Crippen LogP contribution is 2.28. The Morgan fingerprint density at radius 2 is 1.88 bits per heavy atom. The molecular weight excluding hydrogens is 406 g/mol. The Labute approximate surface area is 182 Å². The van der Waals surface area contributed by atoms with Gasteiger partial charge in [0.25, 0.3) is 0 Å². The highest BCUT2D eigenvalue weighted by atomic mass is 16.5. The first-order chi connectivity index (χ1) is 15.6. The van der Waals surface area contributed by atoms with E-state index in [9.17, 15) is 15.0 Å². The molecule has 0 spiro atoms. The number of aromatic amines is 1. The van der Waals surface area contributed by atoms with Gasteiger partial charge in [0.15, 0.2) is 11.7 Å². The number of aliphatic carboxylic acids is 1. The summed E-state index contributed by atoms with van der Waals surface area (Å²) >= 11 is 0. The van der Waals surface area contributed by atoms with Crippen LogP contribution in [-0.2, 0) is 11.2 Å². The van der Waals surface area contributed by atoms with E-state index in [0.29, 0.717) is 5.56 Å². The van der Waals surface area contributed by atoms with Crippen molar-refractivity contribution in [3.63, 3.8) is 0 Å². The highest BCUT2D eigenvalue weighted by molar-refractivity contribution is 5.88. The SMILES string of the molecule is O=C(O)[C@H](Cc1c[nH]c2ccccc12)N=Cc1nc(-c2ccc3ccccc3c2)oc1O. The molecule has 0 fully saturated rings. The molecule has 1 atom stereocenters. The van der Waals surface area contributed by atoms with E-state index in [1.165, 1.54) is 6.21 Å². The average molecular weight is 425 g/mol. The Morgan fingerprint density at radius 3 is 2.72 bits per heavy atom. The fourth-order valence-electron chi connectivity index (χ4n) is 3.73. The van der Waals surface area contributed by atoms with Crippen molar-refractivity contribution in [2.45, 2.75) is 12.5 Å². The van der Waals surface area contributed by atoms with Gasteiger partial charge in [-0.1, -0.05) is 48.5 Å². The predicted octanol–water partition coefficient (Wildman–Crippen LogP) is 4.80. The summed E-state index contributed by atoms with van der Waals surface area (Å²) < 4.78 is 5.41. The molecule has 2 heterocycles. The smallest absolute Gasteiger partial charge is 0.328 e. The van der Waals surface area contributed by atoms with Crippen LogP contribution in [0.15, 0.2) is 82.3 Å². The van der Waals surface area contributed by atoms with Gasteiger partial charge in [-0.15, -0.1) is 0 Å².